The lowest BCUT2D eigenvalue weighted by Crippen LogP contribution is -2.41. The molecule has 4 N–H and O–H groups in total. The molecule has 2 atom stereocenters. The summed E-state index contributed by atoms with van der Waals surface area (Å²) in [6, 6.07) is 12.9. The number of nitrogens with two attached hydrogens (primary N) is 1. The van der Waals surface area contributed by atoms with Gasteiger partial charge in [-0.15, -0.1) is 0 Å². The molecule has 0 aliphatic heterocycles. The Kier molecular flexibility index (Phi) is 8.80. The zero-order valence-electron chi connectivity index (χ0n) is 17.3. The van der Waals surface area contributed by atoms with Gasteiger partial charge in [0.25, 0.3) is 12.6 Å². The van der Waals surface area contributed by atoms with E-state index in [1.54, 1.807) is 29.1 Å². The Labute approximate surface area is 176 Å². The lowest BCUT2D eigenvalue weighted by molar-refractivity contribution is -0.727. The molecule has 0 spiro atoms. The van der Waals surface area contributed by atoms with Gasteiger partial charge in [-0.25, -0.2) is 4.79 Å². The summed E-state index contributed by atoms with van der Waals surface area (Å²) in [5, 5.41) is 5.61. The van der Waals surface area contributed by atoms with Gasteiger partial charge in [0.2, 0.25) is 5.91 Å². The van der Waals surface area contributed by atoms with E-state index in [1.807, 2.05) is 44.2 Å². The molecular formula is C22H29N4O4+. The number of hydrogen-bond acceptors (Lipinski definition) is 4. The summed E-state index contributed by atoms with van der Waals surface area (Å²) in [5.41, 5.74) is 6.72. The van der Waals surface area contributed by atoms with Crippen LogP contribution in [0.25, 0.3) is 0 Å². The Morgan fingerprint density at radius 2 is 1.67 bits per heavy atom. The zero-order chi connectivity index (χ0) is 21.9. The Hall–Kier alpha value is -3.42. The molecule has 2 rings (SSSR count). The summed E-state index contributed by atoms with van der Waals surface area (Å²) in [6.07, 6.45) is 4.23. The molecule has 30 heavy (non-hydrogen) atoms. The third kappa shape index (κ3) is 8.30. The van der Waals surface area contributed by atoms with Crippen molar-refractivity contribution in [2.45, 2.75) is 51.9 Å². The third-order valence-corrected chi connectivity index (χ3v) is 4.45. The molecule has 0 fully saturated rings. The lowest BCUT2D eigenvalue weighted by Gasteiger charge is -2.13. The average molecular weight is 413 g/mol. The summed E-state index contributed by atoms with van der Waals surface area (Å²) >= 11 is 0. The predicted molar refractivity (Wildman–Crippen MR) is 111 cm³/mol. The number of carbonyl (C=O) groups is 3. The molecule has 0 bridgehead atoms. The number of amides is 3. The second-order valence-corrected chi connectivity index (χ2v) is 7.28. The van der Waals surface area contributed by atoms with E-state index in [-0.39, 0.29) is 31.1 Å². The van der Waals surface area contributed by atoms with Crippen LogP contribution in [0.4, 0.5) is 4.79 Å². The number of primary amides is 1. The van der Waals surface area contributed by atoms with E-state index >= 15 is 0 Å². The van der Waals surface area contributed by atoms with Crippen molar-refractivity contribution in [3.05, 3.63) is 66.0 Å². The molecule has 0 unspecified atom stereocenters. The van der Waals surface area contributed by atoms with E-state index < -0.39 is 12.0 Å². The molecule has 1 aromatic carbocycles. The Balaban J connectivity index is 1.75. The summed E-state index contributed by atoms with van der Waals surface area (Å²) in [4.78, 5) is 35.0. The van der Waals surface area contributed by atoms with Gasteiger partial charge in [-0.1, -0.05) is 30.3 Å². The minimum atomic E-state index is -0.504. The molecule has 8 nitrogen and oxygen atoms in total. The summed E-state index contributed by atoms with van der Waals surface area (Å²) in [6.45, 7) is 3.76. The van der Waals surface area contributed by atoms with Crippen LogP contribution < -0.4 is 20.9 Å². The van der Waals surface area contributed by atoms with Crippen molar-refractivity contribution >= 4 is 17.9 Å². The van der Waals surface area contributed by atoms with E-state index in [0.717, 1.165) is 5.56 Å². The Bertz CT molecular complexity index is 840. The van der Waals surface area contributed by atoms with Gasteiger partial charge >= 0.3 is 6.09 Å². The lowest BCUT2D eigenvalue weighted by atomic mass is 10.1. The fourth-order valence-corrected chi connectivity index (χ4v) is 2.83. The number of aromatic nitrogens is 1. The predicted octanol–water partition coefficient (Wildman–Crippen LogP) is 1.67. The van der Waals surface area contributed by atoms with Gasteiger partial charge in [-0.3, -0.25) is 9.59 Å². The summed E-state index contributed by atoms with van der Waals surface area (Å²) < 4.78 is 6.87. The number of carbonyl (C=O) groups excluding carboxylic acids is 3. The van der Waals surface area contributed by atoms with E-state index in [0.29, 0.717) is 18.4 Å². The quantitative estimate of drug-likeness (QED) is 0.514. The number of alkyl carbamates (subject to hydrolysis) is 1. The van der Waals surface area contributed by atoms with Gasteiger partial charge in [0.1, 0.15) is 0 Å². The van der Waals surface area contributed by atoms with Crippen molar-refractivity contribution < 1.29 is 23.7 Å². The largest absolute Gasteiger partial charge is 0.412 e. The van der Waals surface area contributed by atoms with Crippen molar-refractivity contribution in [2.75, 3.05) is 0 Å². The highest BCUT2D eigenvalue weighted by Crippen LogP contribution is 2.03. The highest BCUT2D eigenvalue weighted by Gasteiger charge is 2.14. The number of rotatable bonds is 10. The number of nitrogens with one attached hydrogen (secondary N) is 2. The minimum Gasteiger partial charge on any atom is -0.388 e. The Morgan fingerprint density at radius 3 is 2.30 bits per heavy atom. The van der Waals surface area contributed by atoms with Gasteiger partial charge in [0.15, 0.2) is 12.4 Å². The molecule has 3 amide bonds. The van der Waals surface area contributed by atoms with E-state index in [1.165, 1.54) is 0 Å². The topological polar surface area (TPSA) is 114 Å². The third-order valence-electron chi connectivity index (χ3n) is 4.45. The maximum atomic E-state index is 12.2. The number of hydrogen-bond donors (Lipinski definition) is 3. The highest BCUT2D eigenvalue weighted by atomic mass is 16.6. The monoisotopic (exact) mass is 413 g/mol. The molecule has 0 radical (unpaired) electrons. The fraction of sp³-hybridized carbons (Fsp3) is 0.364. The summed E-state index contributed by atoms with van der Waals surface area (Å²) in [5.74, 6) is -0.636. The van der Waals surface area contributed by atoms with Gasteiger partial charge in [-0.2, -0.15) is 4.57 Å². The molecule has 0 aliphatic rings. The first kappa shape index (κ1) is 22.9. The second-order valence-electron chi connectivity index (χ2n) is 7.28. The average Bonchev–Trinajstić information content (AvgIpc) is 2.71. The first-order valence-electron chi connectivity index (χ1n) is 9.89. The van der Waals surface area contributed by atoms with Gasteiger partial charge in [0.05, 0.1) is 5.56 Å². The van der Waals surface area contributed by atoms with Crippen LogP contribution >= 0.6 is 0 Å². The molecule has 160 valence electrons. The molecule has 0 aliphatic carbocycles. The smallest absolute Gasteiger partial charge is 0.388 e. The van der Waals surface area contributed by atoms with Crippen LogP contribution in [0.15, 0.2) is 54.9 Å². The maximum Gasteiger partial charge on any atom is 0.412 e. The summed E-state index contributed by atoms with van der Waals surface area (Å²) in [7, 11) is 0. The van der Waals surface area contributed by atoms with Crippen LogP contribution in [0.1, 0.15) is 42.6 Å². The van der Waals surface area contributed by atoms with Crippen LogP contribution in [-0.2, 0) is 22.7 Å². The zero-order valence-corrected chi connectivity index (χ0v) is 17.3. The van der Waals surface area contributed by atoms with E-state index in [9.17, 15) is 14.4 Å². The van der Waals surface area contributed by atoms with E-state index in [2.05, 4.69) is 10.6 Å². The van der Waals surface area contributed by atoms with Crippen molar-refractivity contribution in [1.82, 2.24) is 10.6 Å². The molecule has 8 heteroatoms. The van der Waals surface area contributed by atoms with E-state index in [4.69, 9.17) is 10.5 Å². The normalized spacial score (nSPS) is 12.5. The molecule has 1 aromatic heterocycles. The van der Waals surface area contributed by atoms with Crippen LogP contribution in [0.5, 0.6) is 0 Å². The number of ether oxygens (including phenoxy) is 1. The Morgan fingerprint density at radius 1 is 1.00 bits per heavy atom. The van der Waals surface area contributed by atoms with Crippen molar-refractivity contribution in [1.29, 1.82) is 0 Å². The first-order chi connectivity index (χ1) is 14.3. The minimum absolute atomic E-state index is 0.0286. The molecule has 0 saturated heterocycles. The van der Waals surface area contributed by atoms with Crippen molar-refractivity contribution in [2.24, 2.45) is 5.73 Å². The first-order valence-corrected chi connectivity index (χ1v) is 9.89. The number of benzene rings is 1. The van der Waals surface area contributed by atoms with Crippen LogP contribution in [0.3, 0.4) is 0 Å². The van der Waals surface area contributed by atoms with Crippen LogP contribution in [0, 0.1) is 0 Å². The van der Waals surface area contributed by atoms with Crippen LogP contribution in [-0.4, -0.2) is 30.0 Å². The SMILES string of the molecule is C[C@H](CCC(N)=O)NC(=O)c1cc[n+](COC(=O)N[C@@H](C)Cc2ccccc2)cc1. The van der Waals surface area contributed by atoms with Gasteiger partial charge in [0, 0.05) is 30.6 Å². The van der Waals surface area contributed by atoms with Gasteiger partial charge < -0.3 is 21.1 Å². The molecule has 2 aromatic rings. The number of pyridine rings is 1. The molecule has 1 heterocycles. The second kappa shape index (κ2) is 11.5. The molecular weight excluding hydrogens is 384 g/mol. The van der Waals surface area contributed by atoms with Crippen molar-refractivity contribution in [3.8, 4) is 0 Å². The fourth-order valence-electron chi connectivity index (χ4n) is 2.83. The van der Waals surface area contributed by atoms with Crippen LogP contribution in [0.2, 0.25) is 0 Å². The standard InChI is InChI=1S/C22H28N4O4/c1-16(8-9-20(23)27)24-21(28)19-10-12-26(13-11-19)15-30-22(29)25-17(2)14-18-6-4-3-5-7-18/h3-7,10-13,16-17H,8-9,14-15H2,1-2H3,(H3-,23,24,25,27,28,29)/p+1/t16-,17+/m1/s1. The molecule has 0 saturated carbocycles. The van der Waals surface area contributed by atoms with Gasteiger partial charge in [-0.05, 0) is 32.3 Å². The van der Waals surface area contributed by atoms with Crippen molar-refractivity contribution in [3.63, 3.8) is 0 Å². The number of nitrogens with zero attached hydrogens (tertiary/aromatic N) is 1. The highest BCUT2D eigenvalue weighted by molar-refractivity contribution is 5.94. The maximum absolute atomic E-state index is 12.2.